The molecule has 0 aliphatic carbocycles. The summed E-state index contributed by atoms with van der Waals surface area (Å²) in [5, 5.41) is 15.7. The Morgan fingerprint density at radius 1 is 1.10 bits per heavy atom. The minimum atomic E-state index is -0.573. The lowest BCUT2D eigenvalue weighted by molar-refractivity contribution is -0.384. The minimum Gasteiger partial charge on any atom is -0.494 e. The fourth-order valence-electron chi connectivity index (χ4n) is 2.90. The van der Waals surface area contributed by atoms with Crippen LogP contribution >= 0.6 is 11.3 Å². The fraction of sp³-hybridized carbons (Fsp3) is 0.182. The molecule has 1 heterocycles. The maximum absolute atomic E-state index is 12.7. The second-order valence-electron chi connectivity index (χ2n) is 6.29. The third-order valence-electron chi connectivity index (χ3n) is 4.29. The van der Waals surface area contributed by atoms with E-state index in [0.29, 0.717) is 22.9 Å². The number of rotatable bonds is 8. The maximum Gasteiger partial charge on any atom is 0.341 e. The molecule has 2 aromatic carbocycles. The smallest absolute Gasteiger partial charge is 0.341 e. The first kappa shape index (κ1) is 22.0. The van der Waals surface area contributed by atoms with Gasteiger partial charge in [0.2, 0.25) is 0 Å². The van der Waals surface area contributed by atoms with Crippen LogP contribution in [0.3, 0.4) is 0 Å². The SMILES string of the molecule is CCOC(=O)c1c(-c2ccc(OCC)cc2)csc1NC(=O)c1cccc([N+](=O)[O-])c1. The molecule has 0 aliphatic rings. The molecule has 0 radical (unpaired) electrons. The fourth-order valence-corrected chi connectivity index (χ4v) is 3.85. The monoisotopic (exact) mass is 440 g/mol. The van der Waals surface area contributed by atoms with E-state index in [0.717, 1.165) is 5.56 Å². The molecule has 31 heavy (non-hydrogen) atoms. The predicted octanol–water partition coefficient (Wildman–Crippen LogP) is 5.15. The molecule has 0 spiro atoms. The molecule has 0 bridgehead atoms. The van der Waals surface area contributed by atoms with Crippen LogP contribution in [0, 0.1) is 10.1 Å². The molecule has 0 fully saturated rings. The number of benzene rings is 2. The van der Waals surface area contributed by atoms with E-state index in [4.69, 9.17) is 9.47 Å². The molecule has 0 saturated heterocycles. The zero-order valence-electron chi connectivity index (χ0n) is 16.9. The topological polar surface area (TPSA) is 108 Å². The van der Waals surface area contributed by atoms with E-state index < -0.39 is 16.8 Å². The van der Waals surface area contributed by atoms with E-state index in [9.17, 15) is 19.7 Å². The highest BCUT2D eigenvalue weighted by atomic mass is 32.1. The Balaban J connectivity index is 1.95. The van der Waals surface area contributed by atoms with Crippen molar-refractivity contribution in [2.24, 2.45) is 0 Å². The van der Waals surface area contributed by atoms with Crippen LogP contribution in [-0.4, -0.2) is 30.0 Å². The Bertz CT molecular complexity index is 1110. The van der Waals surface area contributed by atoms with Gasteiger partial charge in [0.15, 0.2) is 0 Å². The molecule has 1 aromatic heterocycles. The van der Waals surface area contributed by atoms with E-state index in [2.05, 4.69) is 5.32 Å². The van der Waals surface area contributed by atoms with Gasteiger partial charge in [-0.1, -0.05) is 18.2 Å². The first-order valence-corrected chi connectivity index (χ1v) is 10.4. The van der Waals surface area contributed by atoms with Crippen molar-refractivity contribution in [2.75, 3.05) is 18.5 Å². The second kappa shape index (κ2) is 9.86. The molecule has 0 saturated carbocycles. The van der Waals surface area contributed by atoms with Gasteiger partial charge in [-0.25, -0.2) is 4.79 Å². The summed E-state index contributed by atoms with van der Waals surface area (Å²) in [4.78, 5) is 35.8. The van der Waals surface area contributed by atoms with Gasteiger partial charge in [0.25, 0.3) is 11.6 Å². The van der Waals surface area contributed by atoms with Crippen LogP contribution in [-0.2, 0) is 4.74 Å². The Kier molecular flexibility index (Phi) is 6.99. The van der Waals surface area contributed by atoms with Gasteiger partial charge in [0, 0.05) is 28.6 Å². The number of nitrogens with one attached hydrogen (secondary N) is 1. The van der Waals surface area contributed by atoms with Crippen LogP contribution in [0.5, 0.6) is 5.75 Å². The normalized spacial score (nSPS) is 10.4. The van der Waals surface area contributed by atoms with E-state index in [1.165, 1.54) is 35.6 Å². The lowest BCUT2D eigenvalue weighted by Gasteiger charge is -2.09. The van der Waals surface area contributed by atoms with Crippen molar-refractivity contribution in [3.8, 4) is 16.9 Å². The molecular weight excluding hydrogens is 420 g/mol. The first-order valence-electron chi connectivity index (χ1n) is 9.52. The van der Waals surface area contributed by atoms with Crippen LogP contribution in [0.25, 0.3) is 11.1 Å². The zero-order valence-corrected chi connectivity index (χ0v) is 17.7. The summed E-state index contributed by atoms with van der Waals surface area (Å²) in [5.74, 6) is -0.422. The molecule has 0 aliphatic heterocycles. The number of amides is 1. The molecule has 3 aromatic rings. The van der Waals surface area contributed by atoms with Gasteiger partial charge < -0.3 is 14.8 Å². The van der Waals surface area contributed by atoms with E-state index in [1.807, 2.05) is 19.1 Å². The number of esters is 1. The number of hydrogen-bond acceptors (Lipinski definition) is 7. The largest absolute Gasteiger partial charge is 0.494 e. The first-order chi connectivity index (χ1) is 14.9. The Morgan fingerprint density at radius 3 is 2.48 bits per heavy atom. The highest BCUT2D eigenvalue weighted by Gasteiger charge is 2.23. The number of anilines is 1. The second-order valence-corrected chi connectivity index (χ2v) is 7.17. The molecule has 0 unspecified atom stereocenters. The van der Waals surface area contributed by atoms with Gasteiger partial charge in [-0.15, -0.1) is 11.3 Å². The molecule has 1 N–H and O–H groups in total. The molecule has 3 rings (SSSR count). The Hall–Kier alpha value is -3.72. The zero-order chi connectivity index (χ0) is 22.4. The van der Waals surface area contributed by atoms with Gasteiger partial charge in [0.1, 0.15) is 16.3 Å². The Morgan fingerprint density at radius 2 is 1.84 bits per heavy atom. The number of thiophene rings is 1. The summed E-state index contributed by atoms with van der Waals surface area (Å²) in [6, 6.07) is 12.6. The summed E-state index contributed by atoms with van der Waals surface area (Å²) in [5.41, 5.74) is 1.52. The van der Waals surface area contributed by atoms with Gasteiger partial charge in [-0.3, -0.25) is 14.9 Å². The van der Waals surface area contributed by atoms with Crippen molar-refractivity contribution in [1.82, 2.24) is 0 Å². The van der Waals surface area contributed by atoms with E-state index in [1.54, 1.807) is 24.4 Å². The van der Waals surface area contributed by atoms with Gasteiger partial charge >= 0.3 is 5.97 Å². The van der Waals surface area contributed by atoms with Crippen molar-refractivity contribution in [3.63, 3.8) is 0 Å². The minimum absolute atomic E-state index is 0.111. The van der Waals surface area contributed by atoms with Crippen molar-refractivity contribution < 1.29 is 24.0 Å². The number of ether oxygens (including phenoxy) is 2. The number of nitrogens with zero attached hydrogens (tertiary/aromatic N) is 1. The number of non-ortho nitro benzene ring substituents is 1. The van der Waals surface area contributed by atoms with Crippen LogP contribution in [0.4, 0.5) is 10.7 Å². The van der Waals surface area contributed by atoms with Crippen LogP contribution in [0.1, 0.15) is 34.6 Å². The van der Waals surface area contributed by atoms with Crippen LogP contribution < -0.4 is 10.1 Å². The summed E-state index contributed by atoms with van der Waals surface area (Å²) in [6.07, 6.45) is 0. The number of carbonyl (C=O) groups excluding carboxylic acids is 2. The number of hydrogen-bond donors (Lipinski definition) is 1. The maximum atomic E-state index is 12.7. The lowest BCUT2D eigenvalue weighted by atomic mass is 10.0. The van der Waals surface area contributed by atoms with Crippen molar-refractivity contribution in [2.45, 2.75) is 13.8 Å². The van der Waals surface area contributed by atoms with Crippen LogP contribution in [0.2, 0.25) is 0 Å². The van der Waals surface area contributed by atoms with Gasteiger partial charge in [-0.05, 0) is 37.6 Å². The van der Waals surface area contributed by atoms with Gasteiger partial charge in [0.05, 0.1) is 18.1 Å². The number of nitro groups is 1. The average Bonchev–Trinajstić information content (AvgIpc) is 3.18. The molecule has 160 valence electrons. The highest BCUT2D eigenvalue weighted by molar-refractivity contribution is 7.15. The van der Waals surface area contributed by atoms with Crippen molar-refractivity contribution >= 4 is 33.9 Å². The average molecular weight is 440 g/mol. The summed E-state index contributed by atoms with van der Waals surface area (Å²) in [6.45, 7) is 4.31. The molecular formula is C22H20N2O6S. The summed E-state index contributed by atoms with van der Waals surface area (Å²) < 4.78 is 10.6. The van der Waals surface area contributed by atoms with Crippen molar-refractivity contribution in [3.05, 3.63) is 75.2 Å². The lowest BCUT2D eigenvalue weighted by Crippen LogP contribution is -2.15. The third-order valence-corrected chi connectivity index (χ3v) is 5.19. The predicted molar refractivity (Wildman–Crippen MR) is 118 cm³/mol. The number of carbonyl (C=O) groups is 2. The Labute approximate surface area is 182 Å². The quantitative estimate of drug-likeness (QED) is 0.295. The standard InChI is InChI=1S/C22H20N2O6S/c1-3-29-17-10-8-14(9-11-17)18-13-31-21(19(18)22(26)30-4-2)23-20(25)15-6-5-7-16(12-15)24(27)28/h5-13H,3-4H2,1-2H3,(H,23,25). The molecule has 8 nitrogen and oxygen atoms in total. The van der Waals surface area contributed by atoms with E-state index >= 15 is 0 Å². The van der Waals surface area contributed by atoms with E-state index in [-0.39, 0.29) is 23.4 Å². The number of nitro benzene ring substituents is 1. The highest BCUT2D eigenvalue weighted by Crippen LogP contribution is 2.37. The summed E-state index contributed by atoms with van der Waals surface area (Å²) >= 11 is 1.18. The van der Waals surface area contributed by atoms with Gasteiger partial charge in [-0.2, -0.15) is 0 Å². The van der Waals surface area contributed by atoms with Crippen LogP contribution in [0.15, 0.2) is 53.9 Å². The summed E-state index contributed by atoms with van der Waals surface area (Å²) in [7, 11) is 0. The molecule has 0 atom stereocenters. The van der Waals surface area contributed by atoms with Crippen molar-refractivity contribution in [1.29, 1.82) is 0 Å². The third kappa shape index (κ3) is 5.07. The molecule has 1 amide bonds. The molecule has 9 heteroatoms.